The Kier molecular flexibility index (Phi) is 8.83. The van der Waals surface area contributed by atoms with Gasteiger partial charge in [0.2, 0.25) is 21.8 Å². The second-order valence-corrected chi connectivity index (χ2v) is 9.77. The van der Waals surface area contributed by atoms with Gasteiger partial charge in [0.25, 0.3) is 0 Å². The van der Waals surface area contributed by atoms with Crippen molar-refractivity contribution in [1.29, 1.82) is 0 Å². The standard InChI is InChI=1S/C24H33N3O4S/c1-6-22(24(29)25-7-2)26(16-20-11-9-8-10-12-20)23(28)17-27(32(5,30)31)21-14-13-18(3)19(4)15-21/h8-15,22H,6-7,16-17H2,1-5H3,(H,25,29). The highest BCUT2D eigenvalue weighted by Crippen LogP contribution is 2.22. The van der Waals surface area contributed by atoms with E-state index in [1.165, 1.54) is 4.90 Å². The second kappa shape index (κ2) is 11.1. The molecule has 0 spiro atoms. The summed E-state index contributed by atoms with van der Waals surface area (Å²) < 4.78 is 26.3. The number of likely N-dealkylation sites (N-methyl/N-ethyl adjacent to an activating group) is 1. The summed E-state index contributed by atoms with van der Waals surface area (Å²) in [6.07, 6.45) is 1.49. The van der Waals surface area contributed by atoms with E-state index in [0.717, 1.165) is 27.3 Å². The number of benzene rings is 2. The van der Waals surface area contributed by atoms with Crippen molar-refractivity contribution in [3.63, 3.8) is 0 Å². The first-order chi connectivity index (χ1) is 15.1. The van der Waals surface area contributed by atoms with Crippen LogP contribution in [0.2, 0.25) is 0 Å². The number of carbonyl (C=O) groups is 2. The molecule has 0 saturated carbocycles. The molecule has 174 valence electrons. The second-order valence-electron chi connectivity index (χ2n) is 7.86. The van der Waals surface area contributed by atoms with Crippen LogP contribution in [0.3, 0.4) is 0 Å². The number of carbonyl (C=O) groups excluding carboxylic acids is 2. The molecule has 1 N–H and O–H groups in total. The smallest absolute Gasteiger partial charge is 0.244 e. The first-order valence-electron chi connectivity index (χ1n) is 10.7. The van der Waals surface area contributed by atoms with Gasteiger partial charge in [-0.1, -0.05) is 43.3 Å². The summed E-state index contributed by atoms with van der Waals surface area (Å²) in [6, 6.07) is 13.9. The number of amides is 2. The van der Waals surface area contributed by atoms with Crippen molar-refractivity contribution in [2.24, 2.45) is 0 Å². The average Bonchev–Trinajstić information content (AvgIpc) is 2.74. The van der Waals surface area contributed by atoms with Crippen LogP contribution in [0.15, 0.2) is 48.5 Å². The maximum Gasteiger partial charge on any atom is 0.244 e. The van der Waals surface area contributed by atoms with E-state index in [2.05, 4.69) is 5.32 Å². The number of hydrogen-bond donors (Lipinski definition) is 1. The van der Waals surface area contributed by atoms with Gasteiger partial charge >= 0.3 is 0 Å². The van der Waals surface area contributed by atoms with Crippen molar-refractivity contribution < 1.29 is 18.0 Å². The van der Waals surface area contributed by atoms with E-state index in [4.69, 9.17) is 0 Å². The quantitative estimate of drug-likeness (QED) is 0.592. The number of nitrogens with zero attached hydrogens (tertiary/aromatic N) is 2. The zero-order chi connectivity index (χ0) is 23.9. The lowest BCUT2D eigenvalue weighted by Crippen LogP contribution is -2.52. The maximum atomic E-state index is 13.5. The highest BCUT2D eigenvalue weighted by atomic mass is 32.2. The predicted octanol–water partition coefficient (Wildman–Crippen LogP) is 3.01. The first-order valence-corrected chi connectivity index (χ1v) is 12.6. The topological polar surface area (TPSA) is 86.8 Å². The van der Waals surface area contributed by atoms with Crippen LogP contribution in [-0.4, -0.2) is 50.5 Å². The number of hydrogen-bond acceptors (Lipinski definition) is 4. The fraction of sp³-hybridized carbons (Fsp3) is 0.417. The van der Waals surface area contributed by atoms with Crippen LogP contribution in [0.4, 0.5) is 5.69 Å². The van der Waals surface area contributed by atoms with Gasteiger partial charge in [0.15, 0.2) is 0 Å². The number of sulfonamides is 1. The lowest BCUT2D eigenvalue weighted by molar-refractivity contribution is -0.140. The molecule has 7 nitrogen and oxygen atoms in total. The molecule has 0 aromatic heterocycles. The molecule has 0 heterocycles. The van der Waals surface area contributed by atoms with Crippen molar-refractivity contribution in [3.8, 4) is 0 Å². The van der Waals surface area contributed by atoms with Crippen molar-refractivity contribution in [2.45, 2.75) is 46.7 Å². The van der Waals surface area contributed by atoms with E-state index in [0.29, 0.717) is 18.7 Å². The Morgan fingerprint density at radius 3 is 2.19 bits per heavy atom. The fourth-order valence-electron chi connectivity index (χ4n) is 3.49. The summed E-state index contributed by atoms with van der Waals surface area (Å²) in [4.78, 5) is 27.7. The Morgan fingerprint density at radius 1 is 1.00 bits per heavy atom. The van der Waals surface area contributed by atoms with Crippen LogP contribution < -0.4 is 9.62 Å². The summed E-state index contributed by atoms with van der Waals surface area (Å²) in [6.45, 7) is 7.76. The molecule has 2 aromatic carbocycles. The number of rotatable bonds is 10. The minimum absolute atomic E-state index is 0.208. The Hall–Kier alpha value is -2.87. The van der Waals surface area contributed by atoms with Crippen molar-refractivity contribution >= 4 is 27.5 Å². The predicted molar refractivity (Wildman–Crippen MR) is 128 cm³/mol. The molecule has 0 fully saturated rings. The van der Waals surface area contributed by atoms with Crippen LogP contribution in [0, 0.1) is 13.8 Å². The van der Waals surface area contributed by atoms with E-state index in [1.807, 2.05) is 64.1 Å². The Labute approximate surface area is 191 Å². The summed E-state index contributed by atoms with van der Waals surface area (Å²) in [5.41, 5.74) is 3.25. The normalized spacial score (nSPS) is 12.2. The van der Waals surface area contributed by atoms with Gasteiger partial charge in [-0.05, 0) is 56.0 Å². The summed E-state index contributed by atoms with van der Waals surface area (Å²) >= 11 is 0. The Bertz CT molecular complexity index is 1040. The van der Waals surface area contributed by atoms with Crippen LogP contribution in [0.5, 0.6) is 0 Å². The SMILES string of the molecule is CCNC(=O)C(CC)N(Cc1ccccc1)C(=O)CN(c1ccc(C)c(C)c1)S(C)(=O)=O. The van der Waals surface area contributed by atoms with E-state index in [9.17, 15) is 18.0 Å². The number of aryl methyl sites for hydroxylation is 2. The van der Waals surface area contributed by atoms with Gasteiger partial charge in [0.1, 0.15) is 12.6 Å². The summed E-state index contributed by atoms with van der Waals surface area (Å²) in [5, 5.41) is 2.78. The molecule has 2 aromatic rings. The van der Waals surface area contributed by atoms with Gasteiger partial charge in [-0.2, -0.15) is 0 Å². The molecule has 0 bridgehead atoms. The van der Waals surface area contributed by atoms with Gasteiger partial charge in [0.05, 0.1) is 11.9 Å². The molecule has 0 radical (unpaired) electrons. The molecular formula is C24H33N3O4S. The number of anilines is 1. The molecule has 0 aliphatic heterocycles. The van der Waals surface area contributed by atoms with E-state index >= 15 is 0 Å². The fourth-order valence-corrected chi connectivity index (χ4v) is 4.33. The van der Waals surface area contributed by atoms with Crippen molar-refractivity contribution in [3.05, 3.63) is 65.2 Å². The molecule has 8 heteroatoms. The van der Waals surface area contributed by atoms with Crippen LogP contribution >= 0.6 is 0 Å². The summed E-state index contributed by atoms with van der Waals surface area (Å²) in [5.74, 6) is -0.688. The lowest BCUT2D eigenvalue weighted by atomic mass is 10.1. The highest BCUT2D eigenvalue weighted by molar-refractivity contribution is 7.92. The molecular weight excluding hydrogens is 426 g/mol. The molecule has 1 atom stereocenters. The van der Waals surface area contributed by atoms with Crippen LogP contribution in [0.25, 0.3) is 0 Å². The Balaban J connectivity index is 2.42. The van der Waals surface area contributed by atoms with E-state index in [1.54, 1.807) is 12.1 Å². The van der Waals surface area contributed by atoms with Crippen molar-refractivity contribution in [2.75, 3.05) is 23.7 Å². The third-order valence-corrected chi connectivity index (χ3v) is 6.53. The molecule has 1 unspecified atom stereocenters. The molecule has 0 aliphatic carbocycles. The third kappa shape index (κ3) is 6.56. The average molecular weight is 460 g/mol. The third-order valence-electron chi connectivity index (χ3n) is 5.39. The maximum absolute atomic E-state index is 13.5. The monoisotopic (exact) mass is 459 g/mol. The largest absolute Gasteiger partial charge is 0.355 e. The molecule has 0 saturated heterocycles. The van der Waals surface area contributed by atoms with Gasteiger partial charge in [-0.3, -0.25) is 13.9 Å². The Morgan fingerprint density at radius 2 is 1.66 bits per heavy atom. The van der Waals surface area contributed by atoms with Gasteiger partial charge in [0, 0.05) is 13.1 Å². The zero-order valence-electron chi connectivity index (χ0n) is 19.5. The molecule has 2 amide bonds. The lowest BCUT2D eigenvalue weighted by Gasteiger charge is -2.33. The van der Waals surface area contributed by atoms with Gasteiger partial charge < -0.3 is 10.2 Å². The summed E-state index contributed by atoms with van der Waals surface area (Å²) in [7, 11) is -3.73. The van der Waals surface area contributed by atoms with Crippen LogP contribution in [-0.2, 0) is 26.2 Å². The molecule has 2 rings (SSSR count). The minimum Gasteiger partial charge on any atom is -0.355 e. The van der Waals surface area contributed by atoms with Crippen LogP contribution in [0.1, 0.15) is 37.0 Å². The van der Waals surface area contributed by atoms with E-state index < -0.39 is 22.0 Å². The first kappa shape index (κ1) is 25.4. The van der Waals surface area contributed by atoms with E-state index in [-0.39, 0.29) is 19.0 Å². The van der Waals surface area contributed by atoms with Gasteiger partial charge in [-0.15, -0.1) is 0 Å². The number of nitrogens with one attached hydrogen (secondary N) is 1. The molecule has 32 heavy (non-hydrogen) atoms. The molecule has 0 aliphatic rings. The minimum atomic E-state index is -3.73. The van der Waals surface area contributed by atoms with Crippen molar-refractivity contribution in [1.82, 2.24) is 10.2 Å². The zero-order valence-corrected chi connectivity index (χ0v) is 20.3. The van der Waals surface area contributed by atoms with Gasteiger partial charge in [-0.25, -0.2) is 8.42 Å². The highest BCUT2D eigenvalue weighted by Gasteiger charge is 2.31.